The Balaban J connectivity index is 1.37. The Morgan fingerprint density at radius 2 is 2.21 bits per heavy atom. The van der Waals surface area contributed by atoms with E-state index in [2.05, 4.69) is 25.7 Å². The van der Waals surface area contributed by atoms with Gasteiger partial charge in [0, 0.05) is 30.8 Å². The molecule has 2 fully saturated rings. The molecule has 0 radical (unpaired) electrons. The number of hydrogen-bond donors (Lipinski definition) is 3. The molecule has 2 heterocycles. The number of carbonyl (C=O) groups is 1. The van der Waals surface area contributed by atoms with Crippen LogP contribution in [-0.2, 0) is 0 Å². The first-order valence-corrected chi connectivity index (χ1v) is 7.14. The van der Waals surface area contributed by atoms with Crippen molar-refractivity contribution in [3.8, 4) is 0 Å². The van der Waals surface area contributed by atoms with E-state index in [0.29, 0.717) is 18.3 Å². The van der Waals surface area contributed by atoms with Crippen molar-refractivity contribution in [3.63, 3.8) is 0 Å². The van der Waals surface area contributed by atoms with Gasteiger partial charge in [-0.15, -0.1) is 0 Å². The minimum Gasteiger partial charge on any atom is -0.337 e. The third-order valence-corrected chi connectivity index (χ3v) is 3.77. The van der Waals surface area contributed by atoms with E-state index < -0.39 is 0 Å². The quantitative estimate of drug-likeness (QED) is 0.754. The zero-order chi connectivity index (χ0) is 13.1. The molecule has 1 saturated heterocycles. The minimum atomic E-state index is -0.173. The van der Waals surface area contributed by atoms with Crippen molar-refractivity contribution in [1.82, 2.24) is 20.4 Å². The van der Waals surface area contributed by atoms with E-state index in [-0.39, 0.29) is 6.03 Å². The molecule has 2 aliphatic rings. The van der Waals surface area contributed by atoms with Crippen molar-refractivity contribution in [1.29, 1.82) is 0 Å². The predicted octanol–water partition coefficient (Wildman–Crippen LogP) is 1.50. The van der Waals surface area contributed by atoms with Crippen LogP contribution in [0.2, 0.25) is 0 Å². The molecular weight excluding hydrogens is 242 g/mol. The third-order valence-electron chi connectivity index (χ3n) is 3.77. The molecule has 0 spiro atoms. The van der Waals surface area contributed by atoms with Gasteiger partial charge < -0.3 is 10.2 Å². The van der Waals surface area contributed by atoms with Crippen molar-refractivity contribution in [2.24, 2.45) is 0 Å². The molecule has 6 heteroatoms. The van der Waals surface area contributed by atoms with Crippen LogP contribution in [0.1, 0.15) is 37.3 Å². The molecule has 1 aliphatic heterocycles. The molecule has 1 aromatic heterocycles. The van der Waals surface area contributed by atoms with Gasteiger partial charge in [-0.25, -0.2) is 4.79 Å². The average molecular weight is 263 g/mol. The fourth-order valence-corrected chi connectivity index (χ4v) is 2.50. The first-order valence-electron chi connectivity index (χ1n) is 7.14. The number of likely N-dealkylation sites (tertiary alicyclic amines) is 1. The van der Waals surface area contributed by atoms with E-state index in [1.165, 1.54) is 25.7 Å². The van der Waals surface area contributed by atoms with Crippen molar-refractivity contribution in [2.45, 2.75) is 31.6 Å². The van der Waals surface area contributed by atoms with E-state index in [4.69, 9.17) is 0 Å². The van der Waals surface area contributed by atoms with Gasteiger partial charge >= 0.3 is 6.03 Å². The normalized spacial score (nSPS) is 19.6. The van der Waals surface area contributed by atoms with Crippen LogP contribution in [0.3, 0.4) is 0 Å². The molecule has 1 aromatic rings. The smallest absolute Gasteiger partial charge is 0.320 e. The van der Waals surface area contributed by atoms with Crippen LogP contribution < -0.4 is 10.6 Å². The highest BCUT2D eigenvalue weighted by Crippen LogP contribution is 2.39. The monoisotopic (exact) mass is 263 g/mol. The average Bonchev–Trinajstić information content (AvgIpc) is 2.92. The SMILES string of the molecule is O=C(NCCN1CCCC1)Nc1cc(C2CC2)[nH]n1. The lowest BCUT2D eigenvalue weighted by Crippen LogP contribution is -2.36. The lowest BCUT2D eigenvalue weighted by Gasteiger charge is -2.14. The van der Waals surface area contributed by atoms with Crippen molar-refractivity contribution in [2.75, 3.05) is 31.5 Å². The van der Waals surface area contributed by atoms with E-state index in [0.717, 1.165) is 25.3 Å². The molecule has 0 aromatic carbocycles. The molecule has 2 amide bonds. The molecular formula is C13H21N5O. The van der Waals surface area contributed by atoms with Crippen molar-refractivity contribution >= 4 is 11.8 Å². The molecule has 1 saturated carbocycles. The van der Waals surface area contributed by atoms with Crippen LogP contribution in [0.25, 0.3) is 0 Å². The van der Waals surface area contributed by atoms with Crippen LogP contribution in [0.4, 0.5) is 10.6 Å². The summed E-state index contributed by atoms with van der Waals surface area (Å²) in [4.78, 5) is 14.1. The Morgan fingerprint density at radius 3 is 2.95 bits per heavy atom. The summed E-state index contributed by atoms with van der Waals surface area (Å²) in [7, 11) is 0. The Morgan fingerprint density at radius 1 is 1.42 bits per heavy atom. The molecule has 19 heavy (non-hydrogen) atoms. The second kappa shape index (κ2) is 5.61. The van der Waals surface area contributed by atoms with Gasteiger partial charge in [0.25, 0.3) is 0 Å². The second-order valence-corrected chi connectivity index (χ2v) is 5.41. The summed E-state index contributed by atoms with van der Waals surface area (Å²) in [6.07, 6.45) is 5.01. The summed E-state index contributed by atoms with van der Waals surface area (Å²) in [5, 5.41) is 12.7. The van der Waals surface area contributed by atoms with E-state index in [9.17, 15) is 4.79 Å². The number of rotatable bonds is 5. The summed E-state index contributed by atoms with van der Waals surface area (Å²) in [5.74, 6) is 1.24. The summed E-state index contributed by atoms with van der Waals surface area (Å²) in [6.45, 7) is 3.94. The number of aromatic amines is 1. The maximum atomic E-state index is 11.7. The lowest BCUT2D eigenvalue weighted by molar-refractivity contribution is 0.249. The number of nitrogens with one attached hydrogen (secondary N) is 3. The van der Waals surface area contributed by atoms with E-state index >= 15 is 0 Å². The van der Waals surface area contributed by atoms with Gasteiger partial charge in [-0.3, -0.25) is 10.4 Å². The highest BCUT2D eigenvalue weighted by molar-refractivity contribution is 5.88. The molecule has 3 rings (SSSR count). The van der Waals surface area contributed by atoms with Gasteiger partial charge in [0.15, 0.2) is 5.82 Å². The van der Waals surface area contributed by atoms with Gasteiger partial charge in [0.1, 0.15) is 0 Å². The Bertz CT molecular complexity index is 434. The zero-order valence-corrected chi connectivity index (χ0v) is 11.1. The first-order chi connectivity index (χ1) is 9.31. The standard InChI is InChI=1S/C13H21N5O/c19-13(14-5-8-18-6-1-2-7-18)15-12-9-11(16-17-12)10-3-4-10/h9-10H,1-8H2,(H3,14,15,16,17,19). The largest absolute Gasteiger partial charge is 0.337 e. The second-order valence-electron chi connectivity index (χ2n) is 5.41. The summed E-state index contributed by atoms with van der Waals surface area (Å²) < 4.78 is 0. The number of urea groups is 1. The fourth-order valence-electron chi connectivity index (χ4n) is 2.50. The van der Waals surface area contributed by atoms with Crippen molar-refractivity contribution in [3.05, 3.63) is 11.8 Å². The summed E-state index contributed by atoms with van der Waals surface area (Å²) >= 11 is 0. The molecule has 1 aliphatic carbocycles. The van der Waals surface area contributed by atoms with Gasteiger partial charge in [-0.05, 0) is 38.8 Å². The third kappa shape index (κ3) is 3.47. The Labute approximate surface area is 112 Å². The Kier molecular flexibility index (Phi) is 3.68. The van der Waals surface area contributed by atoms with Gasteiger partial charge in [0.2, 0.25) is 0 Å². The highest BCUT2D eigenvalue weighted by Gasteiger charge is 2.25. The van der Waals surface area contributed by atoms with Crippen LogP contribution in [-0.4, -0.2) is 47.3 Å². The molecule has 0 unspecified atom stereocenters. The number of aromatic nitrogens is 2. The van der Waals surface area contributed by atoms with Crippen molar-refractivity contribution < 1.29 is 4.79 Å². The van der Waals surface area contributed by atoms with Crippen LogP contribution >= 0.6 is 0 Å². The van der Waals surface area contributed by atoms with Crippen LogP contribution in [0.5, 0.6) is 0 Å². The molecule has 3 N–H and O–H groups in total. The minimum absolute atomic E-state index is 0.173. The van der Waals surface area contributed by atoms with Gasteiger partial charge in [-0.2, -0.15) is 5.10 Å². The number of anilines is 1. The number of amides is 2. The predicted molar refractivity (Wildman–Crippen MR) is 73.3 cm³/mol. The summed E-state index contributed by atoms with van der Waals surface area (Å²) in [5.41, 5.74) is 1.13. The maximum absolute atomic E-state index is 11.7. The number of carbonyl (C=O) groups excluding carboxylic acids is 1. The van der Waals surface area contributed by atoms with Crippen LogP contribution in [0.15, 0.2) is 6.07 Å². The molecule has 0 bridgehead atoms. The number of hydrogen-bond acceptors (Lipinski definition) is 3. The summed E-state index contributed by atoms with van der Waals surface area (Å²) in [6, 6.07) is 1.76. The highest BCUT2D eigenvalue weighted by atomic mass is 16.2. The van der Waals surface area contributed by atoms with Crippen LogP contribution in [0, 0.1) is 0 Å². The van der Waals surface area contributed by atoms with E-state index in [1.807, 2.05) is 6.07 Å². The lowest BCUT2D eigenvalue weighted by atomic mass is 10.3. The van der Waals surface area contributed by atoms with E-state index in [1.54, 1.807) is 0 Å². The molecule has 0 atom stereocenters. The van der Waals surface area contributed by atoms with Gasteiger partial charge in [0.05, 0.1) is 0 Å². The topological polar surface area (TPSA) is 73.1 Å². The molecule has 6 nitrogen and oxygen atoms in total. The first kappa shape index (κ1) is 12.5. The fraction of sp³-hybridized carbons (Fsp3) is 0.692. The number of H-pyrrole nitrogens is 1. The zero-order valence-electron chi connectivity index (χ0n) is 11.1. The maximum Gasteiger partial charge on any atom is 0.320 e. The molecule has 104 valence electrons. The Hall–Kier alpha value is -1.56. The number of nitrogens with zero attached hydrogens (tertiary/aromatic N) is 2. The van der Waals surface area contributed by atoms with Gasteiger partial charge in [-0.1, -0.05) is 0 Å².